The van der Waals surface area contributed by atoms with Crippen LogP contribution < -0.4 is 11.1 Å². The molecular weight excluding hydrogens is 250 g/mol. The van der Waals surface area contributed by atoms with Crippen LogP contribution in [0.15, 0.2) is 18.3 Å². The van der Waals surface area contributed by atoms with Gasteiger partial charge in [-0.25, -0.2) is 4.98 Å². The van der Waals surface area contributed by atoms with Crippen molar-refractivity contribution < 1.29 is 4.74 Å². The third kappa shape index (κ3) is 3.49. The highest BCUT2D eigenvalue weighted by molar-refractivity contribution is 5.32. The summed E-state index contributed by atoms with van der Waals surface area (Å²) in [5.74, 6) is 0.589. The molecule has 1 aromatic heterocycles. The molecule has 0 aromatic carbocycles. The summed E-state index contributed by atoms with van der Waals surface area (Å²) in [7, 11) is 2.03. The smallest absolute Gasteiger partial charge is 0.123 e. The summed E-state index contributed by atoms with van der Waals surface area (Å²) in [6.07, 6.45) is 8.86. The third-order valence-corrected chi connectivity index (χ3v) is 4.40. The number of nitrogens with two attached hydrogens (primary N) is 1. The van der Waals surface area contributed by atoms with E-state index in [4.69, 9.17) is 10.5 Å². The molecule has 1 fully saturated rings. The van der Waals surface area contributed by atoms with E-state index in [9.17, 15) is 0 Å². The van der Waals surface area contributed by atoms with Crippen molar-refractivity contribution in [3.63, 3.8) is 0 Å². The van der Waals surface area contributed by atoms with Gasteiger partial charge in [-0.3, -0.25) is 0 Å². The summed E-state index contributed by atoms with van der Waals surface area (Å²) in [6, 6.07) is 4.33. The van der Waals surface area contributed by atoms with E-state index in [0.29, 0.717) is 11.9 Å². The molecule has 1 atom stereocenters. The topological polar surface area (TPSA) is 60.2 Å². The monoisotopic (exact) mass is 277 g/mol. The van der Waals surface area contributed by atoms with Gasteiger partial charge in [-0.15, -0.1) is 0 Å². The standard InChI is InChI=1S/C16H27N3O/c1-3-20-16(8-5-4-6-9-16)14(18-2)11-13-7-10-19-15(17)12-13/h7,10,12,14,18H,3-6,8-9,11H2,1-2H3,(H2,17,19). The zero-order chi connectivity index (χ0) is 14.4. The molecule has 3 N–H and O–H groups in total. The maximum atomic E-state index is 6.22. The Hall–Kier alpha value is -1.13. The zero-order valence-electron chi connectivity index (χ0n) is 12.7. The highest BCUT2D eigenvalue weighted by Gasteiger charge is 2.39. The Labute approximate surface area is 122 Å². The molecule has 0 radical (unpaired) electrons. The van der Waals surface area contributed by atoms with Crippen LogP contribution in [0.2, 0.25) is 0 Å². The summed E-state index contributed by atoms with van der Waals surface area (Å²) in [5.41, 5.74) is 6.98. The molecule has 1 saturated carbocycles. The van der Waals surface area contributed by atoms with Gasteiger partial charge in [0.25, 0.3) is 0 Å². The van der Waals surface area contributed by atoms with Crippen molar-refractivity contribution >= 4 is 5.82 Å². The summed E-state index contributed by atoms with van der Waals surface area (Å²) >= 11 is 0. The fourth-order valence-corrected chi connectivity index (χ4v) is 3.44. The van der Waals surface area contributed by atoms with Gasteiger partial charge in [-0.1, -0.05) is 19.3 Å². The Morgan fingerprint density at radius 1 is 1.40 bits per heavy atom. The first-order chi connectivity index (χ1) is 9.70. The first-order valence-corrected chi connectivity index (χ1v) is 7.72. The molecule has 1 aromatic rings. The van der Waals surface area contributed by atoms with Crippen LogP contribution in [-0.4, -0.2) is 30.3 Å². The summed E-state index contributed by atoms with van der Waals surface area (Å²) < 4.78 is 6.22. The Morgan fingerprint density at radius 3 is 2.75 bits per heavy atom. The van der Waals surface area contributed by atoms with Crippen molar-refractivity contribution in [1.29, 1.82) is 0 Å². The van der Waals surface area contributed by atoms with Gasteiger partial charge >= 0.3 is 0 Å². The number of nitrogen functional groups attached to an aromatic ring is 1. The van der Waals surface area contributed by atoms with E-state index < -0.39 is 0 Å². The van der Waals surface area contributed by atoms with Crippen LogP contribution in [-0.2, 0) is 11.2 Å². The van der Waals surface area contributed by atoms with Crippen LogP contribution in [0, 0.1) is 0 Å². The van der Waals surface area contributed by atoms with Crippen LogP contribution in [0.5, 0.6) is 0 Å². The second-order valence-corrected chi connectivity index (χ2v) is 5.69. The maximum Gasteiger partial charge on any atom is 0.123 e. The van der Waals surface area contributed by atoms with Crippen LogP contribution in [0.25, 0.3) is 0 Å². The van der Waals surface area contributed by atoms with E-state index in [-0.39, 0.29) is 5.60 Å². The van der Waals surface area contributed by atoms with E-state index in [1.54, 1.807) is 6.20 Å². The van der Waals surface area contributed by atoms with Crippen molar-refractivity contribution in [3.05, 3.63) is 23.9 Å². The molecule has 0 amide bonds. The Bertz CT molecular complexity index is 410. The Morgan fingerprint density at radius 2 is 2.15 bits per heavy atom. The molecule has 20 heavy (non-hydrogen) atoms. The van der Waals surface area contributed by atoms with Gasteiger partial charge in [-0.2, -0.15) is 0 Å². The summed E-state index contributed by atoms with van der Waals surface area (Å²) in [6.45, 7) is 2.87. The number of nitrogens with one attached hydrogen (secondary N) is 1. The van der Waals surface area contributed by atoms with Crippen molar-refractivity contribution in [2.24, 2.45) is 0 Å². The maximum absolute atomic E-state index is 6.22. The predicted molar refractivity (Wildman–Crippen MR) is 82.6 cm³/mol. The minimum absolute atomic E-state index is 0.0280. The molecule has 0 aliphatic heterocycles. The minimum atomic E-state index is -0.0280. The lowest BCUT2D eigenvalue weighted by atomic mass is 9.77. The van der Waals surface area contributed by atoms with Gasteiger partial charge in [0, 0.05) is 18.8 Å². The molecule has 2 rings (SSSR count). The molecule has 0 saturated heterocycles. The second kappa shape index (κ2) is 7.04. The molecule has 112 valence electrons. The first kappa shape index (κ1) is 15.3. The number of likely N-dealkylation sites (N-methyl/N-ethyl adjacent to an activating group) is 1. The largest absolute Gasteiger partial charge is 0.384 e. The minimum Gasteiger partial charge on any atom is -0.384 e. The van der Waals surface area contributed by atoms with Crippen LogP contribution in [0.3, 0.4) is 0 Å². The SMILES string of the molecule is CCOC1(C(Cc2ccnc(N)c2)NC)CCCCC1. The van der Waals surface area contributed by atoms with Gasteiger partial charge in [0.05, 0.1) is 5.60 Å². The molecule has 1 heterocycles. The molecule has 4 nitrogen and oxygen atoms in total. The average Bonchev–Trinajstić information content (AvgIpc) is 2.46. The van der Waals surface area contributed by atoms with Gasteiger partial charge in [0.1, 0.15) is 5.82 Å². The lowest BCUT2D eigenvalue weighted by molar-refractivity contribution is -0.0883. The second-order valence-electron chi connectivity index (χ2n) is 5.69. The molecule has 0 spiro atoms. The lowest BCUT2D eigenvalue weighted by Crippen LogP contribution is -2.53. The third-order valence-electron chi connectivity index (χ3n) is 4.40. The van der Waals surface area contributed by atoms with E-state index in [1.165, 1.54) is 24.8 Å². The Balaban J connectivity index is 2.15. The fourth-order valence-electron chi connectivity index (χ4n) is 3.44. The highest BCUT2D eigenvalue weighted by Crippen LogP contribution is 2.35. The molecule has 4 heteroatoms. The number of aromatic nitrogens is 1. The lowest BCUT2D eigenvalue weighted by Gasteiger charge is -2.43. The van der Waals surface area contributed by atoms with E-state index in [2.05, 4.69) is 17.2 Å². The van der Waals surface area contributed by atoms with E-state index >= 15 is 0 Å². The quantitative estimate of drug-likeness (QED) is 0.839. The van der Waals surface area contributed by atoms with Gasteiger partial charge in [-0.05, 0) is 50.9 Å². The first-order valence-electron chi connectivity index (χ1n) is 7.72. The molecule has 1 unspecified atom stereocenters. The number of ether oxygens (including phenoxy) is 1. The normalized spacial score (nSPS) is 19.7. The van der Waals surface area contributed by atoms with Crippen molar-refractivity contribution in [2.45, 2.75) is 57.1 Å². The summed E-state index contributed by atoms with van der Waals surface area (Å²) in [4.78, 5) is 4.07. The number of rotatable bonds is 6. The van der Waals surface area contributed by atoms with E-state index in [0.717, 1.165) is 25.9 Å². The number of anilines is 1. The molecular formula is C16H27N3O. The van der Waals surface area contributed by atoms with Crippen LogP contribution >= 0.6 is 0 Å². The number of hydrogen-bond donors (Lipinski definition) is 2. The van der Waals surface area contributed by atoms with Gasteiger partial charge in [0.2, 0.25) is 0 Å². The summed E-state index contributed by atoms with van der Waals surface area (Å²) in [5, 5.41) is 3.48. The average molecular weight is 277 g/mol. The van der Waals surface area contributed by atoms with Crippen LogP contribution in [0.4, 0.5) is 5.82 Å². The zero-order valence-corrected chi connectivity index (χ0v) is 12.7. The van der Waals surface area contributed by atoms with Gasteiger partial charge in [0.15, 0.2) is 0 Å². The van der Waals surface area contributed by atoms with Crippen molar-refractivity contribution in [1.82, 2.24) is 10.3 Å². The molecule has 0 bridgehead atoms. The predicted octanol–water partition coefficient (Wildman–Crippen LogP) is 2.53. The number of pyridine rings is 1. The van der Waals surface area contributed by atoms with Gasteiger partial charge < -0.3 is 15.8 Å². The van der Waals surface area contributed by atoms with Crippen molar-refractivity contribution in [3.8, 4) is 0 Å². The molecule has 1 aliphatic rings. The van der Waals surface area contributed by atoms with E-state index in [1.807, 2.05) is 19.2 Å². The Kier molecular flexibility index (Phi) is 5.38. The number of nitrogens with zero attached hydrogens (tertiary/aromatic N) is 1. The van der Waals surface area contributed by atoms with Crippen molar-refractivity contribution in [2.75, 3.05) is 19.4 Å². The van der Waals surface area contributed by atoms with Crippen LogP contribution in [0.1, 0.15) is 44.6 Å². The highest BCUT2D eigenvalue weighted by atomic mass is 16.5. The fraction of sp³-hybridized carbons (Fsp3) is 0.688. The molecule has 1 aliphatic carbocycles. The number of hydrogen-bond acceptors (Lipinski definition) is 4.